The van der Waals surface area contributed by atoms with E-state index in [0.717, 1.165) is 5.92 Å². The minimum absolute atomic E-state index is 0.923. The lowest BCUT2D eigenvalue weighted by Crippen LogP contribution is -2.21. The normalized spacial score (nSPS) is 13.9. The third-order valence-corrected chi connectivity index (χ3v) is 2.46. The SMILES string of the molecule is CCCC(CCI)CN(C)C. The summed E-state index contributed by atoms with van der Waals surface area (Å²) in [7, 11) is 4.33. The Morgan fingerprint density at radius 2 is 1.91 bits per heavy atom. The van der Waals surface area contributed by atoms with Gasteiger partial charge < -0.3 is 4.90 Å². The van der Waals surface area contributed by atoms with E-state index in [2.05, 4.69) is 48.5 Å². The second-order valence-corrected chi connectivity index (χ2v) is 4.47. The average Bonchev–Trinajstić information content (AvgIpc) is 1.87. The number of nitrogens with zero attached hydrogens (tertiary/aromatic N) is 1. The van der Waals surface area contributed by atoms with Crippen LogP contribution < -0.4 is 0 Å². The van der Waals surface area contributed by atoms with E-state index < -0.39 is 0 Å². The molecule has 68 valence electrons. The highest BCUT2D eigenvalue weighted by Gasteiger charge is 2.07. The van der Waals surface area contributed by atoms with Gasteiger partial charge in [0.05, 0.1) is 0 Å². The summed E-state index contributed by atoms with van der Waals surface area (Å²) in [5, 5.41) is 0. The molecule has 11 heavy (non-hydrogen) atoms. The largest absolute Gasteiger partial charge is 0.309 e. The smallest absolute Gasteiger partial charge is 0.000382 e. The van der Waals surface area contributed by atoms with E-state index in [1.807, 2.05) is 0 Å². The molecule has 0 aromatic rings. The molecular formula is C9H20IN. The molecular weight excluding hydrogens is 249 g/mol. The summed E-state index contributed by atoms with van der Waals surface area (Å²) in [6.45, 7) is 3.53. The Balaban J connectivity index is 3.50. The van der Waals surface area contributed by atoms with Gasteiger partial charge >= 0.3 is 0 Å². The molecule has 0 aromatic carbocycles. The summed E-state index contributed by atoms with van der Waals surface area (Å²) in [5.41, 5.74) is 0. The van der Waals surface area contributed by atoms with Crippen LogP contribution in [0.4, 0.5) is 0 Å². The van der Waals surface area contributed by atoms with E-state index in [1.54, 1.807) is 0 Å². The van der Waals surface area contributed by atoms with Crippen LogP contribution in [0.2, 0.25) is 0 Å². The van der Waals surface area contributed by atoms with Crippen LogP contribution in [-0.4, -0.2) is 30.0 Å². The molecule has 0 saturated carbocycles. The minimum atomic E-state index is 0.923. The summed E-state index contributed by atoms with van der Waals surface area (Å²) in [6.07, 6.45) is 4.10. The molecule has 0 aliphatic heterocycles. The maximum absolute atomic E-state index is 2.47. The van der Waals surface area contributed by atoms with Crippen molar-refractivity contribution in [3.63, 3.8) is 0 Å². The average molecular weight is 269 g/mol. The number of halogens is 1. The van der Waals surface area contributed by atoms with Gasteiger partial charge in [-0.3, -0.25) is 0 Å². The quantitative estimate of drug-likeness (QED) is 0.529. The molecule has 0 fully saturated rings. The molecule has 0 N–H and O–H groups in total. The Labute approximate surface area is 84.7 Å². The van der Waals surface area contributed by atoms with Gasteiger partial charge in [-0.25, -0.2) is 0 Å². The molecule has 0 spiro atoms. The van der Waals surface area contributed by atoms with Gasteiger partial charge in [0, 0.05) is 6.54 Å². The van der Waals surface area contributed by atoms with Crippen molar-refractivity contribution in [2.24, 2.45) is 5.92 Å². The predicted octanol–water partition coefficient (Wildman–Crippen LogP) is 2.79. The molecule has 0 aliphatic carbocycles. The van der Waals surface area contributed by atoms with E-state index in [4.69, 9.17) is 0 Å². The van der Waals surface area contributed by atoms with Crippen molar-refractivity contribution in [3.05, 3.63) is 0 Å². The fourth-order valence-corrected chi connectivity index (χ4v) is 2.29. The van der Waals surface area contributed by atoms with Crippen molar-refractivity contribution in [1.82, 2.24) is 4.90 Å². The highest BCUT2D eigenvalue weighted by molar-refractivity contribution is 14.1. The first-order valence-corrected chi connectivity index (χ1v) is 5.94. The van der Waals surface area contributed by atoms with E-state index in [-0.39, 0.29) is 0 Å². The zero-order valence-corrected chi connectivity index (χ0v) is 10.1. The zero-order chi connectivity index (χ0) is 8.69. The lowest BCUT2D eigenvalue weighted by molar-refractivity contribution is 0.306. The molecule has 1 unspecified atom stereocenters. The summed E-state index contributed by atoms with van der Waals surface area (Å²) in [4.78, 5) is 2.30. The summed E-state index contributed by atoms with van der Waals surface area (Å²) >= 11 is 2.47. The minimum Gasteiger partial charge on any atom is -0.309 e. The third-order valence-electron chi connectivity index (χ3n) is 1.84. The molecule has 1 atom stereocenters. The molecule has 0 amide bonds. The van der Waals surface area contributed by atoms with E-state index >= 15 is 0 Å². The van der Waals surface area contributed by atoms with Crippen LogP contribution in [0.1, 0.15) is 26.2 Å². The predicted molar refractivity (Wildman–Crippen MR) is 60.5 cm³/mol. The summed E-state index contributed by atoms with van der Waals surface area (Å²) in [6, 6.07) is 0. The lowest BCUT2D eigenvalue weighted by atomic mass is 10.0. The van der Waals surface area contributed by atoms with Crippen LogP contribution >= 0.6 is 22.6 Å². The van der Waals surface area contributed by atoms with Crippen molar-refractivity contribution in [3.8, 4) is 0 Å². The van der Waals surface area contributed by atoms with Gasteiger partial charge in [0.2, 0.25) is 0 Å². The highest BCUT2D eigenvalue weighted by Crippen LogP contribution is 2.13. The lowest BCUT2D eigenvalue weighted by Gasteiger charge is -2.19. The first-order valence-electron chi connectivity index (χ1n) is 4.41. The molecule has 2 heteroatoms. The zero-order valence-electron chi connectivity index (χ0n) is 7.94. The van der Waals surface area contributed by atoms with Crippen molar-refractivity contribution in [1.29, 1.82) is 0 Å². The van der Waals surface area contributed by atoms with Crippen molar-refractivity contribution in [2.45, 2.75) is 26.2 Å². The molecule has 0 rings (SSSR count). The van der Waals surface area contributed by atoms with Crippen LogP contribution in [0.5, 0.6) is 0 Å². The Morgan fingerprint density at radius 3 is 2.27 bits per heavy atom. The molecule has 1 nitrogen and oxygen atoms in total. The van der Waals surface area contributed by atoms with Crippen molar-refractivity contribution >= 4 is 22.6 Å². The van der Waals surface area contributed by atoms with Crippen LogP contribution in [0.25, 0.3) is 0 Å². The number of alkyl halides is 1. The molecule has 0 radical (unpaired) electrons. The van der Waals surface area contributed by atoms with Crippen molar-refractivity contribution < 1.29 is 0 Å². The Morgan fingerprint density at radius 1 is 1.27 bits per heavy atom. The van der Waals surface area contributed by atoms with Gasteiger partial charge in [-0.2, -0.15) is 0 Å². The maximum Gasteiger partial charge on any atom is 0.000382 e. The second kappa shape index (κ2) is 7.35. The summed E-state index contributed by atoms with van der Waals surface area (Å²) < 4.78 is 1.30. The first kappa shape index (κ1) is 11.7. The highest BCUT2D eigenvalue weighted by atomic mass is 127. The molecule has 0 aliphatic rings. The second-order valence-electron chi connectivity index (χ2n) is 3.39. The molecule has 0 saturated heterocycles. The van der Waals surface area contributed by atoms with Gasteiger partial charge in [-0.05, 0) is 37.3 Å². The van der Waals surface area contributed by atoms with Crippen LogP contribution in [0, 0.1) is 5.92 Å². The van der Waals surface area contributed by atoms with Crippen LogP contribution in [0.3, 0.4) is 0 Å². The fourth-order valence-electron chi connectivity index (χ4n) is 1.41. The topological polar surface area (TPSA) is 3.24 Å². The summed E-state index contributed by atoms with van der Waals surface area (Å²) in [5.74, 6) is 0.923. The Bertz CT molecular complexity index is 77.6. The van der Waals surface area contributed by atoms with Crippen LogP contribution in [-0.2, 0) is 0 Å². The van der Waals surface area contributed by atoms with Gasteiger partial charge in [-0.15, -0.1) is 0 Å². The van der Waals surface area contributed by atoms with Crippen molar-refractivity contribution in [2.75, 3.05) is 25.1 Å². The number of rotatable bonds is 6. The number of hydrogen-bond donors (Lipinski definition) is 0. The standard InChI is InChI=1S/C9H20IN/c1-4-5-9(6-7-10)8-11(2)3/h9H,4-8H2,1-3H3. The van der Waals surface area contributed by atoms with Gasteiger partial charge in [-0.1, -0.05) is 35.9 Å². The van der Waals surface area contributed by atoms with Crippen LogP contribution in [0.15, 0.2) is 0 Å². The molecule has 0 heterocycles. The monoisotopic (exact) mass is 269 g/mol. The third kappa shape index (κ3) is 7.06. The van der Waals surface area contributed by atoms with E-state index in [0.29, 0.717) is 0 Å². The number of hydrogen-bond acceptors (Lipinski definition) is 1. The Hall–Kier alpha value is 0.690. The van der Waals surface area contributed by atoms with E-state index in [1.165, 1.54) is 30.2 Å². The van der Waals surface area contributed by atoms with E-state index in [9.17, 15) is 0 Å². The first-order chi connectivity index (χ1) is 5.20. The fraction of sp³-hybridized carbons (Fsp3) is 1.00. The molecule has 0 aromatic heterocycles. The van der Waals surface area contributed by atoms with Gasteiger partial charge in [0.1, 0.15) is 0 Å². The van der Waals surface area contributed by atoms with Gasteiger partial charge in [0.15, 0.2) is 0 Å². The maximum atomic E-state index is 2.47. The molecule has 0 bridgehead atoms. The Kier molecular flexibility index (Phi) is 7.81. The van der Waals surface area contributed by atoms with Gasteiger partial charge in [0.25, 0.3) is 0 Å².